The Morgan fingerprint density at radius 2 is 2.00 bits per heavy atom. The van der Waals surface area contributed by atoms with Crippen LogP contribution in [0.2, 0.25) is 0 Å². The van der Waals surface area contributed by atoms with Gasteiger partial charge >= 0.3 is 12.0 Å². The largest absolute Gasteiger partial charge is 0.430 e. The van der Waals surface area contributed by atoms with Crippen LogP contribution in [0.1, 0.15) is 18.4 Å². The predicted octanol–water partition coefficient (Wildman–Crippen LogP) is 2.83. The zero-order valence-electron chi connectivity index (χ0n) is 12.9. The van der Waals surface area contributed by atoms with Crippen molar-refractivity contribution in [2.24, 2.45) is 10.1 Å². The summed E-state index contributed by atoms with van der Waals surface area (Å²) in [6.07, 6.45) is -2.71. The molecule has 0 atom stereocenters. The smallest absolute Gasteiger partial charge is 0.358 e. The van der Waals surface area contributed by atoms with E-state index in [1.165, 1.54) is 19.2 Å². The predicted molar refractivity (Wildman–Crippen MR) is 83.7 cm³/mol. The molecule has 1 fully saturated rings. The number of hydrazone groups is 1. The van der Waals surface area contributed by atoms with Gasteiger partial charge in [0.1, 0.15) is 0 Å². The summed E-state index contributed by atoms with van der Waals surface area (Å²) in [5, 5.41) is 14.9. The molecule has 0 amide bonds. The highest BCUT2D eigenvalue weighted by Gasteiger charge is 2.31. The van der Waals surface area contributed by atoms with E-state index in [9.17, 15) is 23.3 Å². The molecule has 1 aromatic rings. The Morgan fingerprint density at radius 3 is 2.54 bits per heavy atom. The highest BCUT2D eigenvalue weighted by atomic mass is 19.4. The van der Waals surface area contributed by atoms with E-state index in [0.29, 0.717) is 13.1 Å². The molecule has 10 heteroatoms. The minimum atomic E-state index is -4.50. The number of nitrogens with one attached hydrogen (secondary N) is 1. The van der Waals surface area contributed by atoms with Crippen molar-refractivity contribution in [2.75, 3.05) is 25.6 Å². The number of hydrogen-bond donors (Lipinski definition) is 1. The van der Waals surface area contributed by atoms with Crippen LogP contribution in [0, 0.1) is 10.1 Å². The number of likely N-dealkylation sites (tertiary alicyclic amines) is 1. The van der Waals surface area contributed by atoms with Crippen molar-refractivity contribution < 1.29 is 18.1 Å². The number of anilines is 1. The van der Waals surface area contributed by atoms with Crippen molar-refractivity contribution in [3.63, 3.8) is 0 Å². The Kier molecular flexibility index (Phi) is 5.37. The Bertz CT molecular complexity index is 667. The summed E-state index contributed by atoms with van der Waals surface area (Å²) >= 11 is 0. The summed E-state index contributed by atoms with van der Waals surface area (Å²) in [5.74, 6) is -0.422. The van der Waals surface area contributed by atoms with Crippen molar-refractivity contribution in [3.05, 3.63) is 39.9 Å². The maximum absolute atomic E-state index is 12.7. The van der Waals surface area contributed by atoms with Gasteiger partial charge in [0, 0.05) is 20.1 Å². The molecule has 0 radical (unpaired) electrons. The van der Waals surface area contributed by atoms with E-state index in [-0.39, 0.29) is 11.5 Å². The van der Waals surface area contributed by atoms with Gasteiger partial charge in [0.15, 0.2) is 0 Å². The fourth-order valence-electron chi connectivity index (χ4n) is 2.37. The van der Waals surface area contributed by atoms with Gasteiger partial charge in [0.05, 0.1) is 16.4 Å². The molecule has 0 saturated carbocycles. The third-order valence-corrected chi connectivity index (χ3v) is 3.47. The molecule has 0 aliphatic carbocycles. The second kappa shape index (κ2) is 7.28. The molecule has 2 rings (SSSR count). The molecule has 1 N–H and O–H groups in total. The van der Waals surface area contributed by atoms with E-state index < -0.39 is 22.5 Å². The van der Waals surface area contributed by atoms with E-state index >= 15 is 0 Å². The molecule has 0 unspecified atom stereocenters. The lowest BCUT2D eigenvalue weighted by atomic mass is 10.2. The topological polar surface area (TPSA) is 83.1 Å². The van der Waals surface area contributed by atoms with Gasteiger partial charge in [-0.15, -0.1) is 0 Å². The number of hydrogen-bond acceptors (Lipinski definition) is 5. The number of rotatable bonds is 2. The number of alkyl halides is 3. The molecule has 1 saturated heterocycles. The van der Waals surface area contributed by atoms with Gasteiger partial charge in [0.25, 0.3) is 0 Å². The van der Waals surface area contributed by atoms with Crippen molar-refractivity contribution in [2.45, 2.75) is 19.0 Å². The molecule has 0 spiro atoms. The summed E-state index contributed by atoms with van der Waals surface area (Å²) in [6, 6.07) is 4.28. The van der Waals surface area contributed by atoms with Crippen LogP contribution in [0.3, 0.4) is 0 Å². The van der Waals surface area contributed by atoms with Crippen LogP contribution in [0.15, 0.2) is 34.4 Å². The lowest BCUT2D eigenvalue weighted by Gasteiger charge is -2.16. The normalized spacial score (nSPS) is 16.4. The maximum Gasteiger partial charge on any atom is 0.430 e. The average Bonchev–Trinajstić information content (AvgIpc) is 3.04. The van der Waals surface area contributed by atoms with Crippen LogP contribution < -0.4 is 5.43 Å². The number of amidine groups is 2. The van der Waals surface area contributed by atoms with Gasteiger partial charge in [-0.3, -0.25) is 4.99 Å². The molecular formula is C14H16F3N5O2. The standard InChI is InChI=1S/C14H16F3N5O2/c1-18-12(21-7-2-3-8-21)13(22(23)24)20-19-11-6-4-5-10(9-11)14(15,16)17/h4-6,9,19H,2-3,7-8H2,1H3/b18-12?,20-13-. The van der Waals surface area contributed by atoms with Gasteiger partial charge in [-0.05, 0) is 36.0 Å². The van der Waals surface area contributed by atoms with E-state index in [0.717, 1.165) is 25.0 Å². The summed E-state index contributed by atoms with van der Waals surface area (Å²) in [7, 11) is 1.41. The van der Waals surface area contributed by atoms with Gasteiger partial charge in [0.2, 0.25) is 5.84 Å². The SMILES string of the molecule is CN=C(/C(=N/Nc1cccc(C(F)(F)F)c1)[N+](=O)[O-])N1CCCC1. The number of halogens is 3. The molecule has 0 aromatic heterocycles. The first-order chi connectivity index (χ1) is 11.3. The first-order valence-corrected chi connectivity index (χ1v) is 7.20. The molecule has 0 bridgehead atoms. The number of aliphatic imine (C=N–C) groups is 1. The highest BCUT2D eigenvalue weighted by Crippen LogP contribution is 2.30. The second-order valence-corrected chi connectivity index (χ2v) is 5.12. The Balaban J connectivity index is 2.24. The van der Waals surface area contributed by atoms with Gasteiger partial charge in [-0.2, -0.15) is 18.6 Å². The zero-order chi connectivity index (χ0) is 17.7. The summed E-state index contributed by atoms with van der Waals surface area (Å²) < 4.78 is 38.1. The van der Waals surface area contributed by atoms with Crippen LogP contribution in [0.4, 0.5) is 18.9 Å². The van der Waals surface area contributed by atoms with Crippen LogP contribution in [0.25, 0.3) is 0 Å². The molecule has 24 heavy (non-hydrogen) atoms. The molecular weight excluding hydrogens is 327 g/mol. The average molecular weight is 343 g/mol. The van der Waals surface area contributed by atoms with Crippen LogP contribution in [-0.4, -0.2) is 41.6 Å². The quantitative estimate of drug-likeness (QED) is 0.387. The fraction of sp³-hybridized carbons (Fsp3) is 0.429. The Hall–Kier alpha value is -2.65. The monoisotopic (exact) mass is 343 g/mol. The lowest BCUT2D eigenvalue weighted by molar-refractivity contribution is -0.346. The van der Waals surface area contributed by atoms with E-state index in [1.54, 1.807) is 4.90 Å². The summed E-state index contributed by atoms with van der Waals surface area (Å²) in [4.78, 5) is 16.2. The van der Waals surface area contributed by atoms with Crippen molar-refractivity contribution in [1.82, 2.24) is 4.90 Å². The molecule has 1 aromatic carbocycles. The van der Waals surface area contributed by atoms with E-state index in [1.807, 2.05) is 0 Å². The van der Waals surface area contributed by atoms with Crippen LogP contribution >= 0.6 is 0 Å². The van der Waals surface area contributed by atoms with Crippen LogP contribution in [-0.2, 0) is 6.18 Å². The summed E-state index contributed by atoms with van der Waals surface area (Å²) in [5.41, 5.74) is 1.45. The molecule has 130 valence electrons. The Morgan fingerprint density at radius 1 is 1.33 bits per heavy atom. The van der Waals surface area contributed by atoms with E-state index in [2.05, 4.69) is 15.5 Å². The summed E-state index contributed by atoms with van der Waals surface area (Å²) in [6.45, 7) is 1.26. The fourth-order valence-corrected chi connectivity index (χ4v) is 2.37. The van der Waals surface area contributed by atoms with Gasteiger partial charge in [-0.25, -0.2) is 0 Å². The van der Waals surface area contributed by atoms with Gasteiger partial charge in [-0.1, -0.05) is 6.07 Å². The van der Waals surface area contributed by atoms with E-state index in [4.69, 9.17) is 0 Å². The first kappa shape index (κ1) is 17.7. The third kappa shape index (κ3) is 4.21. The maximum atomic E-state index is 12.7. The first-order valence-electron chi connectivity index (χ1n) is 7.20. The minimum absolute atomic E-state index is 0.000972. The van der Waals surface area contributed by atoms with Gasteiger partial charge < -0.3 is 15.0 Å². The molecule has 1 aliphatic heterocycles. The molecule has 7 nitrogen and oxygen atoms in total. The zero-order valence-corrected chi connectivity index (χ0v) is 12.9. The minimum Gasteiger partial charge on any atom is -0.358 e. The van der Waals surface area contributed by atoms with Crippen LogP contribution in [0.5, 0.6) is 0 Å². The number of nitro groups is 1. The van der Waals surface area contributed by atoms with Crippen molar-refractivity contribution in [1.29, 1.82) is 0 Å². The van der Waals surface area contributed by atoms with Crippen molar-refractivity contribution in [3.8, 4) is 0 Å². The number of nitrogens with zero attached hydrogens (tertiary/aromatic N) is 4. The Labute approximate surface area is 136 Å². The third-order valence-electron chi connectivity index (χ3n) is 3.47. The van der Waals surface area contributed by atoms with Crippen molar-refractivity contribution >= 4 is 17.4 Å². The molecule has 1 heterocycles. The lowest BCUT2D eigenvalue weighted by Crippen LogP contribution is -2.38. The molecule has 1 aliphatic rings. The second-order valence-electron chi connectivity index (χ2n) is 5.12. The number of benzene rings is 1. The highest BCUT2D eigenvalue weighted by molar-refractivity contribution is 6.37.